The van der Waals surface area contributed by atoms with Crippen molar-refractivity contribution < 1.29 is 26.4 Å². The van der Waals surface area contributed by atoms with E-state index < -0.39 is 34.2 Å². The van der Waals surface area contributed by atoms with Gasteiger partial charge in [0.25, 0.3) is 0 Å². The Kier molecular flexibility index (Phi) is 7.17. The average Bonchev–Trinajstić information content (AvgIpc) is 2.74. The maximum absolute atomic E-state index is 13.1. The number of alkyl halides is 3. The van der Waals surface area contributed by atoms with Crippen LogP contribution >= 0.6 is 0 Å². The maximum Gasteiger partial charge on any atom is 0.416 e. The molecule has 0 unspecified atom stereocenters. The van der Waals surface area contributed by atoms with Crippen LogP contribution in [-0.4, -0.2) is 27.1 Å². The second-order valence-corrected chi connectivity index (χ2v) is 9.99. The van der Waals surface area contributed by atoms with Gasteiger partial charge >= 0.3 is 6.18 Å². The molecular weight excluding hydrogens is 441 g/mol. The number of amides is 1. The van der Waals surface area contributed by atoms with Gasteiger partial charge in [-0.3, -0.25) is 9.10 Å². The Balaban J connectivity index is 1.80. The molecule has 5 nitrogen and oxygen atoms in total. The SMILES string of the molecule is CC[C@@H](NC(=O)CN(c1cccc(C(F)(F)F)c1)S(C)(=O)=O)c1ccc2c(c1)CCCC2. The zero-order valence-corrected chi connectivity index (χ0v) is 18.9. The number of nitrogens with one attached hydrogen (secondary N) is 1. The highest BCUT2D eigenvalue weighted by atomic mass is 32.2. The number of hydrogen-bond donors (Lipinski definition) is 1. The van der Waals surface area contributed by atoms with Crippen molar-refractivity contribution >= 4 is 21.6 Å². The van der Waals surface area contributed by atoms with Crippen molar-refractivity contribution in [3.63, 3.8) is 0 Å². The van der Waals surface area contributed by atoms with Crippen LogP contribution in [0.25, 0.3) is 0 Å². The molecule has 0 fully saturated rings. The molecule has 1 aliphatic carbocycles. The minimum absolute atomic E-state index is 0.209. The van der Waals surface area contributed by atoms with Gasteiger partial charge in [-0.05, 0) is 67.0 Å². The van der Waals surface area contributed by atoms with Gasteiger partial charge in [-0.25, -0.2) is 8.42 Å². The molecule has 0 aromatic heterocycles. The molecule has 1 atom stereocenters. The summed E-state index contributed by atoms with van der Waals surface area (Å²) in [6.45, 7) is 1.30. The normalized spacial score (nSPS) is 15.0. The molecule has 0 spiro atoms. The average molecular weight is 469 g/mol. The van der Waals surface area contributed by atoms with Crippen molar-refractivity contribution in [1.82, 2.24) is 5.32 Å². The van der Waals surface area contributed by atoms with Gasteiger partial charge in [0.1, 0.15) is 6.54 Å². The molecule has 9 heteroatoms. The summed E-state index contributed by atoms with van der Waals surface area (Å²) < 4.78 is 64.5. The van der Waals surface area contributed by atoms with E-state index in [0.29, 0.717) is 10.7 Å². The number of hydrogen-bond acceptors (Lipinski definition) is 3. The van der Waals surface area contributed by atoms with Gasteiger partial charge in [-0.15, -0.1) is 0 Å². The first-order chi connectivity index (χ1) is 15.0. The first kappa shape index (κ1) is 24.1. The zero-order chi connectivity index (χ0) is 23.5. The van der Waals surface area contributed by atoms with Crippen LogP contribution in [-0.2, 0) is 33.8 Å². The molecule has 32 heavy (non-hydrogen) atoms. The molecule has 0 bridgehead atoms. The van der Waals surface area contributed by atoms with Gasteiger partial charge in [-0.1, -0.05) is 31.2 Å². The summed E-state index contributed by atoms with van der Waals surface area (Å²) in [5.41, 5.74) is 2.33. The lowest BCUT2D eigenvalue weighted by atomic mass is 9.89. The summed E-state index contributed by atoms with van der Waals surface area (Å²) >= 11 is 0. The molecule has 0 aliphatic heterocycles. The summed E-state index contributed by atoms with van der Waals surface area (Å²) in [6.07, 6.45) is 1.15. The van der Waals surface area contributed by atoms with E-state index in [2.05, 4.69) is 17.4 Å². The monoisotopic (exact) mass is 468 g/mol. The summed E-state index contributed by atoms with van der Waals surface area (Å²) in [4.78, 5) is 12.7. The number of aryl methyl sites for hydroxylation is 2. The first-order valence-electron chi connectivity index (χ1n) is 10.5. The van der Waals surface area contributed by atoms with E-state index in [9.17, 15) is 26.4 Å². The number of benzene rings is 2. The predicted molar refractivity (Wildman–Crippen MR) is 118 cm³/mol. The van der Waals surface area contributed by atoms with Crippen LogP contribution in [0.15, 0.2) is 42.5 Å². The number of carbonyl (C=O) groups excluding carboxylic acids is 1. The van der Waals surface area contributed by atoms with Crippen LogP contribution in [0.4, 0.5) is 18.9 Å². The molecule has 0 saturated heterocycles. The number of nitrogens with zero attached hydrogens (tertiary/aromatic N) is 1. The van der Waals surface area contributed by atoms with Crippen molar-refractivity contribution in [3.8, 4) is 0 Å². The molecule has 1 aliphatic rings. The fraction of sp³-hybridized carbons (Fsp3) is 0.435. The van der Waals surface area contributed by atoms with Crippen molar-refractivity contribution in [1.29, 1.82) is 0 Å². The van der Waals surface area contributed by atoms with Gasteiger partial charge in [-0.2, -0.15) is 13.2 Å². The van der Waals surface area contributed by atoms with Gasteiger partial charge in [0.05, 0.1) is 23.5 Å². The minimum atomic E-state index is -4.62. The number of anilines is 1. The second-order valence-electron chi connectivity index (χ2n) is 8.08. The highest BCUT2D eigenvalue weighted by Crippen LogP contribution is 2.32. The van der Waals surface area contributed by atoms with Crippen molar-refractivity contribution in [2.24, 2.45) is 0 Å². The number of fused-ring (bicyclic) bond motifs is 1. The highest BCUT2D eigenvalue weighted by molar-refractivity contribution is 7.92. The Hall–Kier alpha value is -2.55. The van der Waals surface area contributed by atoms with E-state index in [4.69, 9.17) is 0 Å². The molecule has 0 radical (unpaired) electrons. The molecule has 0 heterocycles. The number of sulfonamides is 1. The Labute approximate surface area is 186 Å². The van der Waals surface area contributed by atoms with Crippen molar-refractivity contribution in [2.45, 2.75) is 51.2 Å². The molecule has 0 saturated carbocycles. The molecule has 174 valence electrons. The standard InChI is InChI=1S/C23H27F3N2O3S/c1-3-21(18-12-11-16-7-4-5-8-17(16)13-18)27-22(29)15-28(32(2,30)31)20-10-6-9-19(14-20)23(24,25)26/h6,9-14,21H,3-5,7-8,15H2,1-2H3,(H,27,29)/t21-/m1/s1. The third-order valence-corrected chi connectivity index (χ3v) is 6.81. The largest absolute Gasteiger partial charge is 0.416 e. The van der Waals surface area contributed by atoms with E-state index in [0.717, 1.165) is 55.7 Å². The zero-order valence-electron chi connectivity index (χ0n) is 18.1. The van der Waals surface area contributed by atoms with Gasteiger partial charge in [0.15, 0.2) is 0 Å². The molecule has 1 N–H and O–H groups in total. The first-order valence-corrected chi connectivity index (χ1v) is 12.4. The van der Waals surface area contributed by atoms with Crippen LogP contribution in [0.2, 0.25) is 0 Å². The maximum atomic E-state index is 13.1. The lowest BCUT2D eigenvalue weighted by molar-refractivity contribution is -0.137. The second kappa shape index (κ2) is 9.52. The Morgan fingerprint density at radius 2 is 1.78 bits per heavy atom. The molecule has 1 amide bonds. The lowest BCUT2D eigenvalue weighted by Crippen LogP contribution is -2.41. The molecular formula is C23H27F3N2O3S. The Morgan fingerprint density at radius 3 is 2.41 bits per heavy atom. The smallest absolute Gasteiger partial charge is 0.348 e. The topological polar surface area (TPSA) is 66.5 Å². The van der Waals surface area contributed by atoms with Crippen LogP contribution in [0.5, 0.6) is 0 Å². The Bertz CT molecular complexity index is 1080. The third-order valence-electron chi connectivity index (χ3n) is 5.67. The summed E-state index contributed by atoms with van der Waals surface area (Å²) in [5.74, 6) is -0.586. The van der Waals surface area contributed by atoms with Crippen LogP contribution in [0.3, 0.4) is 0 Å². The van der Waals surface area contributed by atoms with E-state index in [1.165, 1.54) is 17.2 Å². The summed E-state index contributed by atoms with van der Waals surface area (Å²) in [6, 6.07) is 9.76. The van der Waals surface area contributed by atoms with Gasteiger partial charge < -0.3 is 5.32 Å². The fourth-order valence-electron chi connectivity index (χ4n) is 4.00. The predicted octanol–water partition coefficient (Wildman–Crippen LogP) is 4.62. The molecule has 2 aromatic carbocycles. The van der Waals surface area contributed by atoms with Crippen LogP contribution in [0, 0.1) is 0 Å². The lowest BCUT2D eigenvalue weighted by Gasteiger charge is -2.25. The summed E-state index contributed by atoms with van der Waals surface area (Å²) in [7, 11) is -3.99. The number of carbonyl (C=O) groups is 1. The molecule has 2 aromatic rings. The van der Waals surface area contributed by atoms with E-state index in [-0.39, 0.29) is 11.7 Å². The highest BCUT2D eigenvalue weighted by Gasteiger charge is 2.32. The number of rotatable bonds is 7. The van der Waals surface area contributed by atoms with Gasteiger partial charge in [0, 0.05) is 0 Å². The fourth-order valence-corrected chi connectivity index (χ4v) is 4.85. The van der Waals surface area contributed by atoms with Crippen molar-refractivity contribution in [2.75, 3.05) is 17.1 Å². The third kappa shape index (κ3) is 5.82. The summed E-state index contributed by atoms with van der Waals surface area (Å²) in [5, 5.41) is 2.84. The van der Waals surface area contributed by atoms with E-state index >= 15 is 0 Å². The minimum Gasteiger partial charge on any atom is -0.348 e. The Morgan fingerprint density at radius 1 is 1.09 bits per heavy atom. The quantitative estimate of drug-likeness (QED) is 0.645. The van der Waals surface area contributed by atoms with Crippen LogP contribution < -0.4 is 9.62 Å². The number of halogens is 3. The van der Waals surface area contributed by atoms with Crippen LogP contribution in [0.1, 0.15) is 54.5 Å². The van der Waals surface area contributed by atoms with Gasteiger partial charge in [0.2, 0.25) is 15.9 Å². The van der Waals surface area contributed by atoms with Crippen molar-refractivity contribution in [3.05, 3.63) is 64.7 Å². The molecule has 3 rings (SSSR count). The van der Waals surface area contributed by atoms with E-state index in [1.807, 2.05) is 13.0 Å². The van der Waals surface area contributed by atoms with E-state index in [1.54, 1.807) is 0 Å².